The summed E-state index contributed by atoms with van der Waals surface area (Å²) in [6, 6.07) is 5.95. The lowest BCUT2D eigenvalue weighted by molar-refractivity contribution is 0.0600. The van der Waals surface area contributed by atoms with Gasteiger partial charge in [-0.1, -0.05) is 6.07 Å². The summed E-state index contributed by atoms with van der Waals surface area (Å²) < 4.78 is 10.2. The second-order valence-corrected chi connectivity index (χ2v) is 4.53. The Balaban J connectivity index is 2.15. The SMILES string of the molecule is COC(=O)c1cccc(NC2CCCOC2)c1C. The zero-order chi connectivity index (χ0) is 13.0. The second kappa shape index (κ2) is 5.87. The molecule has 4 nitrogen and oxygen atoms in total. The lowest BCUT2D eigenvalue weighted by atomic mass is 10.0. The highest BCUT2D eigenvalue weighted by Gasteiger charge is 2.16. The molecule has 1 aromatic carbocycles. The number of carbonyl (C=O) groups excluding carboxylic acids is 1. The number of esters is 1. The molecule has 1 aliphatic heterocycles. The van der Waals surface area contributed by atoms with Gasteiger partial charge in [-0.05, 0) is 37.5 Å². The zero-order valence-electron chi connectivity index (χ0n) is 10.9. The average molecular weight is 249 g/mol. The first kappa shape index (κ1) is 12.9. The third-order valence-corrected chi connectivity index (χ3v) is 3.26. The number of carbonyl (C=O) groups is 1. The van der Waals surface area contributed by atoms with Gasteiger partial charge in [0.2, 0.25) is 0 Å². The Morgan fingerprint density at radius 2 is 2.33 bits per heavy atom. The number of nitrogens with one attached hydrogen (secondary N) is 1. The molecule has 0 saturated carbocycles. The molecular weight excluding hydrogens is 230 g/mol. The Kier molecular flexibility index (Phi) is 4.20. The van der Waals surface area contributed by atoms with Crippen LogP contribution in [0.5, 0.6) is 0 Å². The molecule has 1 fully saturated rings. The van der Waals surface area contributed by atoms with Crippen molar-refractivity contribution in [3.05, 3.63) is 29.3 Å². The topological polar surface area (TPSA) is 47.6 Å². The van der Waals surface area contributed by atoms with Gasteiger partial charge in [0.15, 0.2) is 0 Å². The van der Waals surface area contributed by atoms with E-state index < -0.39 is 0 Å². The van der Waals surface area contributed by atoms with Crippen LogP contribution >= 0.6 is 0 Å². The van der Waals surface area contributed by atoms with Crippen LogP contribution in [0.2, 0.25) is 0 Å². The summed E-state index contributed by atoms with van der Waals surface area (Å²) in [5.74, 6) is -0.295. The molecule has 98 valence electrons. The molecule has 18 heavy (non-hydrogen) atoms. The highest BCUT2D eigenvalue weighted by molar-refractivity contribution is 5.92. The van der Waals surface area contributed by atoms with E-state index in [1.807, 2.05) is 19.1 Å². The first-order chi connectivity index (χ1) is 8.72. The molecule has 0 amide bonds. The quantitative estimate of drug-likeness (QED) is 0.835. The molecule has 0 aliphatic carbocycles. The fourth-order valence-corrected chi connectivity index (χ4v) is 2.20. The monoisotopic (exact) mass is 249 g/mol. The predicted octanol–water partition coefficient (Wildman–Crippen LogP) is 2.37. The van der Waals surface area contributed by atoms with Gasteiger partial charge in [0, 0.05) is 18.3 Å². The van der Waals surface area contributed by atoms with E-state index >= 15 is 0 Å². The van der Waals surface area contributed by atoms with Crippen LogP contribution in [-0.4, -0.2) is 32.3 Å². The third kappa shape index (κ3) is 2.82. The van der Waals surface area contributed by atoms with Crippen LogP contribution in [0.25, 0.3) is 0 Å². The van der Waals surface area contributed by atoms with E-state index in [4.69, 9.17) is 9.47 Å². The minimum Gasteiger partial charge on any atom is -0.465 e. The first-order valence-electron chi connectivity index (χ1n) is 6.24. The standard InChI is InChI=1S/C14H19NO3/c1-10-12(14(16)17-2)6-3-7-13(10)15-11-5-4-8-18-9-11/h3,6-7,11,15H,4-5,8-9H2,1-2H3. The van der Waals surface area contributed by atoms with Crippen LogP contribution in [0.1, 0.15) is 28.8 Å². The maximum Gasteiger partial charge on any atom is 0.338 e. The van der Waals surface area contributed by atoms with E-state index in [2.05, 4.69) is 5.32 Å². The number of ether oxygens (including phenoxy) is 2. The largest absolute Gasteiger partial charge is 0.465 e. The third-order valence-electron chi connectivity index (χ3n) is 3.26. The summed E-state index contributed by atoms with van der Waals surface area (Å²) >= 11 is 0. The Hall–Kier alpha value is -1.55. The molecule has 1 unspecified atom stereocenters. The number of hydrogen-bond donors (Lipinski definition) is 1. The maximum absolute atomic E-state index is 11.6. The van der Waals surface area contributed by atoms with Crippen LogP contribution in [-0.2, 0) is 9.47 Å². The predicted molar refractivity (Wildman–Crippen MR) is 70.0 cm³/mol. The van der Waals surface area contributed by atoms with Gasteiger partial charge in [0.1, 0.15) is 0 Å². The average Bonchev–Trinajstić information content (AvgIpc) is 2.41. The molecule has 0 bridgehead atoms. The molecule has 1 N–H and O–H groups in total. The fraction of sp³-hybridized carbons (Fsp3) is 0.500. The molecule has 2 rings (SSSR count). The Bertz CT molecular complexity index is 425. The number of benzene rings is 1. The Morgan fingerprint density at radius 3 is 3.00 bits per heavy atom. The molecule has 1 aromatic rings. The molecule has 0 aromatic heterocycles. The van der Waals surface area contributed by atoms with Crippen LogP contribution in [0.15, 0.2) is 18.2 Å². The summed E-state index contributed by atoms with van der Waals surface area (Å²) in [5.41, 5.74) is 2.52. The van der Waals surface area contributed by atoms with E-state index in [1.54, 1.807) is 6.07 Å². The van der Waals surface area contributed by atoms with Crippen molar-refractivity contribution in [1.82, 2.24) is 0 Å². The highest BCUT2D eigenvalue weighted by Crippen LogP contribution is 2.22. The van der Waals surface area contributed by atoms with Crippen LogP contribution in [0, 0.1) is 6.92 Å². The van der Waals surface area contributed by atoms with Crippen molar-refractivity contribution in [2.24, 2.45) is 0 Å². The Labute approximate surface area is 107 Å². The summed E-state index contributed by atoms with van der Waals surface area (Å²) in [7, 11) is 1.40. The van der Waals surface area contributed by atoms with Gasteiger partial charge < -0.3 is 14.8 Å². The molecule has 1 atom stereocenters. The van der Waals surface area contributed by atoms with Crippen LogP contribution < -0.4 is 5.32 Å². The number of methoxy groups -OCH3 is 1. The zero-order valence-corrected chi connectivity index (χ0v) is 10.9. The molecule has 1 saturated heterocycles. The van der Waals surface area contributed by atoms with Gasteiger partial charge in [0.05, 0.1) is 19.3 Å². The van der Waals surface area contributed by atoms with Crippen molar-refractivity contribution in [2.45, 2.75) is 25.8 Å². The van der Waals surface area contributed by atoms with Crippen LogP contribution in [0.3, 0.4) is 0 Å². The van der Waals surface area contributed by atoms with Crippen molar-refractivity contribution >= 4 is 11.7 Å². The van der Waals surface area contributed by atoms with Crippen molar-refractivity contribution in [3.8, 4) is 0 Å². The van der Waals surface area contributed by atoms with E-state index in [-0.39, 0.29) is 5.97 Å². The van der Waals surface area contributed by atoms with Gasteiger partial charge in [-0.15, -0.1) is 0 Å². The summed E-state index contributed by atoms with van der Waals surface area (Å²) in [5, 5.41) is 3.44. The summed E-state index contributed by atoms with van der Waals surface area (Å²) in [6.45, 7) is 3.50. The second-order valence-electron chi connectivity index (χ2n) is 4.53. The van der Waals surface area contributed by atoms with E-state index in [1.165, 1.54) is 7.11 Å². The summed E-state index contributed by atoms with van der Waals surface area (Å²) in [6.07, 6.45) is 2.18. The summed E-state index contributed by atoms with van der Waals surface area (Å²) in [4.78, 5) is 11.6. The minimum atomic E-state index is -0.295. The van der Waals surface area contributed by atoms with Gasteiger partial charge in [-0.25, -0.2) is 4.79 Å². The molecular formula is C14H19NO3. The van der Waals surface area contributed by atoms with Gasteiger partial charge >= 0.3 is 5.97 Å². The van der Waals surface area contributed by atoms with Crippen molar-refractivity contribution in [1.29, 1.82) is 0 Å². The number of rotatable bonds is 3. The highest BCUT2D eigenvalue weighted by atomic mass is 16.5. The van der Waals surface area contributed by atoms with E-state index in [9.17, 15) is 4.79 Å². The molecule has 0 radical (unpaired) electrons. The van der Waals surface area contributed by atoms with Gasteiger partial charge in [-0.3, -0.25) is 0 Å². The van der Waals surface area contributed by atoms with Crippen LogP contribution in [0.4, 0.5) is 5.69 Å². The van der Waals surface area contributed by atoms with Gasteiger partial charge in [0.25, 0.3) is 0 Å². The number of anilines is 1. The molecule has 1 aliphatic rings. The van der Waals surface area contributed by atoms with E-state index in [0.29, 0.717) is 11.6 Å². The van der Waals surface area contributed by atoms with Crippen molar-refractivity contribution < 1.29 is 14.3 Å². The lowest BCUT2D eigenvalue weighted by Crippen LogP contribution is -2.30. The van der Waals surface area contributed by atoms with Crippen molar-refractivity contribution in [3.63, 3.8) is 0 Å². The Morgan fingerprint density at radius 1 is 1.50 bits per heavy atom. The molecule has 0 spiro atoms. The number of hydrogen-bond acceptors (Lipinski definition) is 4. The molecule has 4 heteroatoms. The smallest absolute Gasteiger partial charge is 0.338 e. The van der Waals surface area contributed by atoms with Gasteiger partial charge in [-0.2, -0.15) is 0 Å². The normalized spacial score (nSPS) is 19.3. The van der Waals surface area contributed by atoms with E-state index in [0.717, 1.165) is 37.3 Å². The molecule has 1 heterocycles. The first-order valence-corrected chi connectivity index (χ1v) is 6.24. The minimum absolute atomic E-state index is 0.295. The lowest BCUT2D eigenvalue weighted by Gasteiger charge is -2.25. The van der Waals surface area contributed by atoms with Crippen molar-refractivity contribution in [2.75, 3.05) is 25.6 Å². The maximum atomic E-state index is 11.6. The fourth-order valence-electron chi connectivity index (χ4n) is 2.20.